The maximum absolute atomic E-state index is 6.08. The van der Waals surface area contributed by atoms with Gasteiger partial charge in [0.05, 0.1) is 6.54 Å². The van der Waals surface area contributed by atoms with Gasteiger partial charge in [0, 0.05) is 27.7 Å². The van der Waals surface area contributed by atoms with Gasteiger partial charge >= 0.3 is 0 Å². The first-order valence-electron chi connectivity index (χ1n) is 11.1. The quantitative estimate of drug-likeness (QED) is 0.507. The minimum Gasteiger partial charge on any atom is -0.341 e. The summed E-state index contributed by atoms with van der Waals surface area (Å²) in [6.45, 7) is 14.5. The van der Waals surface area contributed by atoms with E-state index < -0.39 is 0 Å². The van der Waals surface area contributed by atoms with Crippen LogP contribution in [-0.4, -0.2) is 27.1 Å². The predicted molar refractivity (Wildman–Crippen MR) is 136 cm³/mol. The van der Waals surface area contributed by atoms with Crippen LogP contribution in [0.5, 0.6) is 0 Å². The van der Waals surface area contributed by atoms with Crippen LogP contribution in [0.25, 0.3) is 0 Å². The number of nitrogens with zero attached hydrogens (tertiary/aromatic N) is 1. The van der Waals surface area contributed by atoms with Crippen molar-refractivity contribution in [1.82, 2.24) is 10.2 Å². The van der Waals surface area contributed by atoms with Gasteiger partial charge in [-0.15, -0.1) is 11.3 Å². The molecule has 5 heteroatoms. The molecule has 0 atom stereocenters. The summed E-state index contributed by atoms with van der Waals surface area (Å²) in [6, 6.07) is 11.3. The number of para-hydroxylation sites is 1. The minimum absolute atomic E-state index is 0.0750. The number of hydrogen-bond donors (Lipinski definition) is 2. The lowest BCUT2D eigenvalue weighted by molar-refractivity contribution is 0.102. The van der Waals surface area contributed by atoms with Gasteiger partial charge in [-0.1, -0.05) is 38.1 Å². The number of thiocarbonyl (C=S) groups is 1. The molecule has 0 radical (unpaired) electrons. The molecule has 1 aliphatic heterocycles. The zero-order valence-corrected chi connectivity index (χ0v) is 21.0. The van der Waals surface area contributed by atoms with Crippen molar-refractivity contribution in [1.29, 1.82) is 0 Å². The third-order valence-corrected chi connectivity index (χ3v) is 7.21. The average Bonchev–Trinajstić information content (AvgIpc) is 3.16. The first kappa shape index (κ1) is 23.2. The monoisotopic (exact) mass is 443 g/mol. The standard InChI is InChI=1S/C25H37N3S2/c1-7-18-11-9-12-19(8-2)22(18)26-23(29)28(17-21-13-10-14-30-21)20-15-24(3,4)27-25(5,6)16-20/h9-14,20,27H,7-8,15-17H2,1-6H3,(H,26,29). The molecule has 30 heavy (non-hydrogen) atoms. The molecule has 1 aromatic carbocycles. The molecule has 0 bridgehead atoms. The Kier molecular flexibility index (Phi) is 7.26. The number of benzene rings is 1. The summed E-state index contributed by atoms with van der Waals surface area (Å²) in [5.74, 6) is 0. The van der Waals surface area contributed by atoms with Crippen LogP contribution in [0.4, 0.5) is 5.69 Å². The highest BCUT2D eigenvalue weighted by Crippen LogP contribution is 2.33. The zero-order valence-electron chi connectivity index (χ0n) is 19.3. The number of hydrogen-bond acceptors (Lipinski definition) is 3. The van der Waals surface area contributed by atoms with Crippen LogP contribution in [0.2, 0.25) is 0 Å². The summed E-state index contributed by atoms with van der Waals surface area (Å²) in [6.07, 6.45) is 4.13. The Balaban J connectivity index is 1.92. The lowest BCUT2D eigenvalue weighted by atomic mass is 9.79. The summed E-state index contributed by atoms with van der Waals surface area (Å²) in [5, 5.41) is 10.5. The molecule has 2 heterocycles. The van der Waals surface area contributed by atoms with E-state index in [9.17, 15) is 0 Å². The number of nitrogens with one attached hydrogen (secondary N) is 2. The number of thiophene rings is 1. The van der Waals surface area contributed by atoms with Gasteiger partial charge in [0.25, 0.3) is 0 Å². The largest absolute Gasteiger partial charge is 0.341 e. The molecule has 1 aliphatic rings. The SMILES string of the molecule is CCc1cccc(CC)c1NC(=S)N(Cc1cccs1)C1CC(C)(C)NC(C)(C)C1. The Morgan fingerprint density at radius 1 is 1.07 bits per heavy atom. The molecule has 1 saturated heterocycles. The molecule has 3 nitrogen and oxygen atoms in total. The van der Waals surface area contributed by atoms with E-state index in [0.29, 0.717) is 6.04 Å². The third kappa shape index (κ3) is 5.63. The molecule has 0 spiro atoms. The number of piperidine rings is 1. The third-order valence-electron chi connectivity index (χ3n) is 6.01. The van der Waals surface area contributed by atoms with Gasteiger partial charge in [0.2, 0.25) is 0 Å². The summed E-state index contributed by atoms with van der Waals surface area (Å²) < 4.78 is 0. The maximum atomic E-state index is 6.08. The first-order valence-corrected chi connectivity index (χ1v) is 12.4. The van der Waals surface area contributed by atoms with Crippen molar-refractivity contribution in [2.45, 2.75) is 90.9 Å². The van der Waals surface area contributed by atoms with E-state index in [1.54, 1.807) is 0 Å². The summed E-state index contributed by atoms with van der Waals surface area (Å²) >= 11 is 7.88. The van der Waals surface area contributed by atoms with E-state index in [1.807, 2.05) is 11.3 Å². The van der Waals surface area contributed by atoms with E-state index >= 15 is 0 Å². The van der Waals surface area contributed by atoms with Gasteiger partial charge in [0.1, 0.15) is 0 Å². The van der Waals surface area contributed by atoms with Crippen molar-refractivity contribution in [3.05, 3.63) is 51.7 Å². The van der Waals surface area contributed by atoms with Crippen LogP contribution in [0.15, 0.2) is 35.7 Å². The second kappa shape index (κ2) is 9.37. The van der Waals surface area contributed by atoms with Crippen molar-refractivity contribution in [2.75, 3.05) is 5.32 Å². The van der Waals surface area contributed by atoms with Crippen molar-refractivity contribution in [3.8, 4) is 0 Å². The second-order valence-electron chi connectivity index (χ2n) is 9.75. The average molecular weight is 444 g/mol. The van der Waals surface area contributed by atoms with Crippen molar-refractivity contribution >= 4 is 34.4 Å². The van der Waals surface area contributed by atoms with Gasteiger partial charge in [0.15, 0.2) is 5.11 Å². The molecule has 2 aromatic rings. The predicted octanol–water partition coefficient (Wildman–Crippen LogP) is 6.38. The highest BCUT2D eigenvalue weighted by molar-refractivity contribution is 7.80. The van der Waals surface area contributed by atoms with Crippen molar-refractivity contribution in [2.24, 2.45) is 0 Å². The molecular formula is C25H37N3S2. The highest BCUT2D eigenvalue weighted by atomic mass is 32.1. The maximum Gasteiger partial charge on any atom is 0.174 e. The van der Waals surface area contributed by atoms with E-state index in [-0.39, 0.29) is 11.1 Å². The number of rotatable bonds is 6. The van der Waals surface area contributed by atoms with Crippen LogP contribution in [0, 0.1) is 0 Å². The highest BCUT2D eigenvalue weighted by Gasteiger charge is 2.40. The molecular weight excluding hydrogens is 406 g/mol. The van der Waals surface area contributed by atoms with Crippen LogP contribution in [0.3, 0.4) is 0 Å². The molecule has 0 saturated carbocycles. The van der Waals surface area contributed by atoms with E-state index in [2.05, 4.69) is 92.8 Å². The first-order chi connectivity index (χ1) is 14.1. The molecule has 2 N–H and O–H groups in total. The van der Waals surface area contributed by atoms with Crippen LogP contribution in [-0.2, 0) is 19.4 Å². The Bertz CT molecular complexity index is 817. The van der Waals surface area contributed by atoms with Gasteiger partial charge < -0.3 is 15.5 Å². The number of aryl methyl sites for hydroxylation is 2. The molecule has 1 fully saturated rings. The van der Waals surface area contributed by atoms with Crippen LogP contribution in [0.1, 0.15) is 70.4 Å². The molecule has 1 aromatic heterocycles. The minimum atomic E-state index is 0.0750. The molecule has 164 valence electrons. The van der Waals surface area contributed by atoms with Crippen molar-refractivity contribution < 1.29 is 0 Å². The lowest BCUT2D eigenvalue weighted by Crippen LogP contribution is -2.63. The summed E-state index contributed by atoms with van der Waals surface area (Å²) in [5.41, 5.74) is 4.02. The van der Waals surface area contributed by atoms with Gasteiger partial charge in [-0.3, -0.25) is 0 Å². The smallest absolute Gasteiger partial charge is 0.174 e. The fraction of sp³-hybridized carbons (Fsp3) is 0.560. The van der Waals surface area contributed by atoms with Crippen LogP contribution >= 0.6 is 23.6 Å². The fourth-order valence-corrected chi connectivity index (χ4v) is 6.03. The molecule has 0 aliphatic carbocycles. The van der Waals surface area contributed by atoms with E-state index in [0.717, 1.165) is 37.3 Å². The second-order valence-corrected chi connectivity index (χ2v) is 11.2. The topological polar surface area (TPSA) is 27.3 Å². The lowest BCUT2D eigenvalue weighted by Gasteiger charge is -2.50. The molecule has 0 unspecified atom stereocenters. The Hall–Kier alpha value is -1.43. The molecule has 0 amide bonds. The Labute approximate surface area is 192 Å². The van der Waals surface area contributed by atoms with Crippen LogP contribution < -0.4 is 10.6 Å². The van der Waals surface area contributed by atoms with Gasteiger partial charge in [-0.2, -0.15) is 0 Å². The summed E-state index contributed by atoms with van der Waals surface area (Å²) in [7, 11) is 0. The Morgan fingerprint density at radius 3 is 2.17 bits per heavy atom. The van der Waals surface area contributed by atoms with E-state index in [1.165, 1.54) is 21.7 Å². The van der Waals surface area contributed by atoms with Gasteiger partial charge in [-0.25, -0.2) is 0 Å². The fourth-order valence-electron chi connectivity index (χ4n) is 5.01. The zero-order chi connectivity index (χ0) is 21.9. The summed E-state index contributed by atoms with van der Waals surface area (Å²) in [4.78, 5) is 3.80. The molecule has 3 rings (SSSR count). The van der Waals surface area contributed by atoms with E-state index in [4.69, 9.17) is 12.2 Å². The normalized spacial score (nSPS) is 18.2. The number of anilines is 1. The Morgan fingerprint density at radius 2 is 1.67 bits per heavy atom. The van der Waals surface area contributed by atoms with Gasteiger partial charge in [-0.05, 0) is 88.2 Å². The van der Waals surface area contributed by atoms with Crippen molar-refractivity contribution in [3.63, 3.8) is 0 Å².